The van der Waals surface area contributed by atoms with Crippen LogP contribution in [0.5, 0.6) is 0 Å². The monoisotopic (exact) mass is 371 g/mol. The summed E-state index contributed by atoms with van der Waals surface area (Å²) >= 11 is 0. The summed E-state index contributed by atoms with van der Waals surface area (Å²) in [6.07, 6.45) is 5.43. The van der Waals surface area contributed by atoms with E-state index in [4.69, 9.17) is 4.74 Å². The van der Waals surface area contributed by atoms with Crippen LogP contribution in [0.3, 0.4) is 0 Å². The smallest absolute Gasteiger partial charge is 0.255 e. The molecule has 0 saturated carbocycles. The number of amides is 2. The molecule has 144 valence electrons. The van der Waals surface area contributed by atoms with E-state index in [0.717, 1.165) is 17.5 Å². The van der Waals surface area contributed by atoms with Crippen LogP contribution in [-0.2, 0) is 16.6 Å². The summed E-state index contributed by atoms with van der Waals surface area (Å²) in [7, 11) is 5.37. The summed E-state index contributed by atoms with van der Waals surface area (Å²) in [5.41, 5.74) is 1.76. The van der Waals surface area contributed by atoms with Gasteiger partial charge in [0.1, 0.15) is 5.52 Å². The van der Waals surface area contributed by atoms with Crippen molar-refractivity contribution < 1.29 is 14.3 Å². The lowest BCUT2D eigenvalue weighted by molar-refractivity contribution is -0.155. The zero-order chi connectivity index (χ0) is 19.2. The first-order valence-electron chi connectivity index (χ1n) is 9.29. The Hall–Kier alpha value is -2.48. The third kappa shape index (κ3) is 2.97. The van der Waals surface area contributed by atoms with Gasteiger partial charge in [0, 0.05) is 47.0 Å². The molecule has 0 aliphatic carbocycles. The first-order valence-corrected chi connectivity index (χ1v) is 9.29. The maximum absolute atomic E-state index is 13.0. The largest absolute Gasteiger partial charge is 0.380 e. The van der Waals surface area contributed by atoms with Gasteiger partial charge < -0.3 is 14.5 Å². The maximum atomic E-state index is 13.0. The van der Waals surface area contributed by atoms with Crippen LogP contribution in [0.2, 0.25) is 0 Å². The fourth-order valence-electron chi connectivity index (χ4n) is 4.42. The molecule has 27 heavy (non-hydrogen) atoms. The van der Waals surface area contributed by atoms with Gasteiger partial charge in [-0.25, -0.2) is 0 Å². The van der Waals surface area contributed by atoms with Gasteiger partial charge in [-0.15, -0.1) is 0 Å². The molecule has 0 aromatic carbocycles. The number of rotatable bonds is 2. The fraction of sp³-hybridized carbons (Fsp3) is 0.579. The van der Waals surface area contributed by atoms with Gasteiger partial charge in [-0.1, -0.05) is 0 Å². The number of piperidine rings is 2. The first-order chi connectivity index (χ1) is 12.9. The molecule has 2 saturated heterocycles. The molecule has 0 N–H and O–H groups in total. The van der Waals surface area contributed by atoms with Crippen LogP contribution in [0.1, 0.15) is 29.6 Å². The van der Waals surface area contributed by atoms with Crippen molar-refractivity contribution in [2.24, 2.45) is 12.5 Å². The van der Waals surface area contributed by atoms with Gasteiger partial charge in [0.25, 0.3) is 5.91 Å². The lowest BCUT2D eigenvalue weighted by Crippen LogP contribution is -2.57. The van der Waals surface area contributed by atoms with Crippen LogP contribution in [0, 0.1) is 5.41 Å². The third-order valence-electron chi connectivity index (χ3n) is 6.08. The Labute approximate surface area is 158 Å². The molecule has 2 aromatic heterocycles. The minimum atomic E-state index is -0.408. The van der Waals surface area contributed by atoms with Crippen molar-refractivity contribution in [3.8, 4) is 0 Å². The number of pyridine rings is 1. The summed E-state index contributed by atoms with van der Waals surface area (Å²) in [4.78, 5) is 33.7. The molecule has 2 aromatic rings. The van der Waals surface area contributed by atoms with Gasteiger partial charge in [-0.05, 0) is 25.3 Å². The molecule has 2 aliphatic heterocycles. The molecule has 0 radical (unpaired) electrons. The van der Waals surface area contributed by atoms with Crippen LogP contribution < -0.4 is 0 Å². The quantitative estimate of drug-likeness (QED) is 0.789. The van der Waals surface area contributed by atoms with Crippen molar-refractivity contribution in [1.82, 2.24) is 24.6 Å². The van der Waals surface area contributed by atoms with Crippen molar-refractivity contribution in [3.05, 3.63) is 24.0 Å². The van der Waals surface area contributed by atoms with Crippen LogP contribution in [0.4, 0.5) is 0 Å². The van der Waals surface area contributed by atoms with Crippen molar-refractivity contribution >= 4 is 22.8 Å². The van der Waals surface area contributed by atoms with Gasteiger partial charge in [0.2, 0.25) is 5.91 Å². The van der Waals surface area contributed by atoms with Crippen molar-refractivity contribution in [1.29, 1.82) is 0 Å². The van der Waals surface area contributed by atoms with Crippen molar-refractivity contribution in [2.75, 3.05) is 33.8 Å². The van der Waals surface area contributed by atoms with E-state index in [1.54, 1.807) is 29.1 Å². The standard InChI is InChI=1S/C19H25N5O3/c1-22-12-14(27-3)9-19(18(22)26)4-6-24(7-5-19)17(25)13-8-16-15(20-10-13)11-21-23(16)2/h8,10-11,14H,4-7,9,12H2,1-3H3. The van der Waals surface area contributed by atoms with E-state index in [0.29, 0.717) is 38.0 Å². The molecule has 2 aliphatic rings. The number of ether oxygens (including phenoxy) is 1. The van der Waals surface area contributed by atoms with E-state index >= 15 is 0 Å². The Balaban J connectivity index is 1.50. The van der Waals surface area contributed by atoms with E-state index in [2.05, 4.69) is 10.1 Å². The number of likely N-dealkylation sites (tertiary alicyclic amines) is 2. The first kappa shape index (κ1) is 17.9. The number of fused-ring (bicyclic) bond motifs is 1. The van der Waals surface area contributed by atoms with Crippen LogP contribution >= 0.6 is 0 Å². The number of hydrogen-bond donors (Lipinski definition) is 0. The molecule has 2 fully saturated rings. The molecule has 8 heteroatoms. The number of nitrogens with zero attached hydrogens (tertiary/aromatic N) is 5. The minimum absolute atomic E-state index is 0.0413. The van der Waals surface area contributed by atoms with E-state index in [-0.39, 0.29) is 17.9 Å². The molecule has 2 amide bonds. The Morgan fingerprint density at radius 3 is 2.70 bits per heavy atom. The second-order valence-electron chi connectivity index (χ2n) is 7.72. The zero-order valence-electron chi connectivity index (χ0n) is 16.0. The minimum Gasteiger partial charge on any atom is -0.380 e. The Kier molecular flexibility index (Phi) is 4.38. The number of carbonyl (C=O) groups is 2. The highest BCUT2D eigenvalue weighted by Gasteiger charge is 2.48. The molecule has 1 spiro atoms. The van der Waals surface area contributed by atoms with Crippen molar-refractivity contribution in [3.63, 3.8) is 0 Å². The summed E-state index contributed by atoms with van der Waals surface area (Å²) in [6.45, 7) is 1.77. The van der Waals surface area contributed by atoms with E-state index in [1.807, 2.05) is 25.1 Å². The van der Waals surface area contributed by atoms with E-state index in [1.165, 1.54) is 0 Å². The Morgan fingerprint density at radius 2 is 2.00 bits per heavy atom. The highest BCUT2D eigenvalue weighted by Crippen LogP contribution is 2.41. The van der Waals surface area contributed by atoms with Gasteiger partial charge in [-0.3, -0.25) is 19.3 Å². The maximum Gasteiger partial charge on any atom is 0.255 e. The summed E-state index contributed by atoms with van der Waals surface area (Å²) in [5, 5.41) is 4.17. The second-order valence-corrected chi connectivity index (χ2v) is 7.72. The Morgan fingerprint density at radius 1 is 1.26 bits per heavy atom. The summed E-state index contributed by atoms with van der Waals surface area (Å²) < 4.78 is 7.25. The number of likely N-dealkylation sites (N-methyl/N-ethyl adjacent to an activating group) is 1. The average Bonchev–Trinajstić information content (AvgIpc) is 3.06. The van der Waals surface area contributed by atoms with Crippen LogP contribution in [0.15, 0.2) is 18.5 Å². The molecular formula is C19H25N5O3. The number of methoxy groups -OCH3 is 1. The molecule has 8 nitrogen and oxygen atoms in total. The predicted molar refractivity (Wildman–Crippen MR) is 99.1 cm³/mol. The van der Waals surface area contributed by atoms with Gasteiger partial charge >= 0.3 is 0 Å². The summed E-state index contributed by atoms with van der Waals surface area (Å²) in [5.74, 6) is 0.140. The SMILES string of the molecule is COC1CN(C)C(=O)C2(CCN(C(=O)c3cnc4cnn(C)c4c3)CC2)C1. The number of carbonyl (C=O) groups excluding carboxylic acids is 2. The molecule has 4 rings (SSSR count). The Bertz CT molecular complexity index is 885. The predicted octanol–water partition coefficient (Wildman–Crippen LogP) is 1.07. The molecule has 1 atom stereocenters. The molecule has 0 bridgehead atoms. The lowest BCUT2D eigenvalue weighted by Gasteiger charge is -2.47. The third-order valence-corrected chi connectivity index (χ3v) is 6.08. The van der Waals surface area contributed by atoms with E-state index in [9.17, 15) is 9.59 Å². The lowest BCUT2D eigenvalue weighted by atomic mass is 9.71. The highest BCUT2D eigenvalue weighted by atomic mass is 16.5. The fourth-order valence-corrected chi connectivity index (χ4v) is 4.42. The number of aromatic nitrogens is 3. The molecular weight excluding hydrogens is 346 g/mol. The number of aryl methyl sites for hydroxylation is 1. The average molecular weight is 371 g/mol. The van der Waals surface area contributed by atoms with Gasteiger partial charge in [0.05, 0.1) is 28.8 Å². The van der Waals surface area contributed by atoms with Crippen LogP contribution in [-0.4, -0.2) is 76.3 Å². The normalized spacial score (nSPS) is 22.6. The highest BCUT2D eigenvalue weighted by molar-refractivity contribution is 5.97. The zero-order valence-corrected chi connectivity index (χ0v) is 16.0. The van der Waals surface area contributed by atoms with Gasteiger partial charge in [0.15, 0.2) is 0 Å². The van der Waals surface area contributed by atoms with E-state index < -0.39 is 5.41 Å². The topological polar surface area (TPSA) is 80.6 Å². The van der Waals surface area contributed by atoms with Crippen LogP contribution in [0.25, 0.3) is 11.0 Å². The molecule has 4 heterocycles. The second kappa shape index (κ2) is 6.60. The van der Waals surface area contributed by atoms with Gasteiger partial charge in [-0.2, -0.15) is 5.10 Å². The van der Waals surface area contributed by atoms with Crippen molar-refractivity contribution in [2.45, 2.75) is 25.4 Å². The number of hydrogen-bond acceptors (Lipinski definition) is 5. The molecule has 1 unspecified atom stereocenters. The summed E-state index contributed by atoms with van der Waals surface area (Å²) in [6, 6.07) is 1.84.